The molecule has 2 amide bonds. The number of carboxylic acid groups (broad SMARTS) is 1. The van der Waals surface area contributed by atoms with Gasteiger partial charge in [-0.2, -0.15) is 0 Å². The van der Waals surface area contributed by atoms with Crippen LogP contribution < -0.4 is 5.32 Å². The Hall–Kier alpha value is -1.31. The Morgan fingerprint density at radius 3 is 2.63 bits per heavy atom. The quantitative estimate of drug-likeness (QED) is 0.782. The van der Waals surface area contributed by atoms with E-state index in [9.17, 15) is 9.59 Å². The van der Waals surface area contributed by atoms with E-state index in [1.165, 1.54) is 0 Å². The van der Waals surface area contributed by atoms with E-state index in [2.05, 4.69) is 27.9 Å². The summed E-state index contributed by atoms with van der Waals surface area (Å²) < 4.78 is 1.10. The summed E-state index contributed by atoms with van der Waals surface area (Å²) in [7, 11) is 0. The van der Waals surface area contributed by atoms with E-state index in [1.807, 2.05) is 24.3 Å². The summed E-state index contributed by atoms with van der Waals surface area (Å²) in [4.78, 5) is 24.6. The molecular weight excluding hydrogens is 359 g/mol. The lowest BCUT2D eigenvalue weighted by Gasteiger charge is -2.30. The number of nitrogens with zero attached hydrogens (tertiary/aromatic N) is 1. The molecule has 2 rings (SSSR count). The molecule has 1 aliphatic heterocycles. The number of amides is 2. The second-order valence-electron chi connectivity index (χ2n) is 4.56. The fourth-order valence-corrected chi connectivity index (χ4v) is 2.46. The molecule has 1 atom stereocenters. The highest BCUT2D eigenvalue weighted by molar-refractivity contribution is 14.1. The van der Waals surface area contributed by atoms with E-state index in [4.69, 9.17) is 5.11 Å². The molecule has 1 aromatic rings. The molecule has 1 heterocycles. The monoisotopic (exact) mass is 374 g/mol. The number of urea groups is 1. The fraction of sp³-hybridized carbons (Fsp3) is 0.385. The molecule has 0 spiro atoms. The molecule has 0 aromatic heterocycles. The zero-order valence-electron chi connectivity index (χ0n) is 10.3. The minimum atomic E-state index is -0.827. The largest absolute Gasteiger partial charge is 0.481 e. The lowest BCUT2D eigenvalue weighted by Crippen LogP contribution is -2.44. The molecule has 0 aliphatic carbocycles. The van der Waals surface area contributed by atoms with Crippen LogP contribution in [0.5, 0.6) is 0 Å². The van der Waals surface area contributed by atoms with E-state index in [0.717, 1.165) is 15.7 Å². The molecule has 0 saturated carbocycles. The van der Waals surface area contributed by atoms with E-state index in [-0.39, 0.29) is 12.6 Å². The third kappa shape index (κ3) is 3.82. The summed E-state index contributed by atoms with van der Waals surface area (Å²) >= 11 is 2.19. The molecule has 1 aromatic carbocycles. The van der Waals surface area contributed by atoms with Crippen molar-refractivity contribution in [3.8, 4) is 0 Å². The van der Waals surface area contributed by atoms with Gasteiger partial charge in [0.15, 0.2) is 0 Å². The highest BCUT2D eigenvalue weighted by Crippen LogP contribution is 2.18. The topological polar surface area (TPSA) is 69.6 Å². The fourth-order valence-electron chi connectivity index (χ4n) is 2.10. The van der Waals surface area contributed by atoms with Gasteiger partial charge in [0, 0.05) is 22.3 Å². The number of halogens is 1. The molecule has 0 bridgehead atoms. The Bertz CT molecular complexity index is 475. The Labute approximate surface area is 125 Å². The third-order valence-corrected chi connectivity index (χ3v) is 3.87. The minimum Gasteiger partial charge on any atom is -0.481 e. The number of hydrogen-bond acceptors (Lipinski definition) is 2. The first kappa shape index (κ1) is 14.1. The Morgan fingerprint density at radius 2 is 2.00 bits per heavy atom. The molecule has 1 aliphatic rings. The van der Waals surface area contributed by atoms with Gasteiger partial charge in [0.2, 0.25) is 0 Å². The van der Waals surface area contributed by atoms with E-state index in [0.29, 0.717) is 13.0 Å². The van der Waals surface area contributed by atoms with Crippen molar-refractivity contribution in [1.29, 1.82) is 0 Å². The van der Waals surface area contributed by atoms with E-state index in [1.54, 1.807) is 4.90 Å². The summed E-state index contributed by atoms with van der Waals surface area (Å²) in [5.74, 6) is -1.28. The van der Waals surface area contributed by atoms with Crippen LogP contribution in [0.1, 0.15) is 12.8 Å². The van der Waals surface area contributed by atoms with Crippen LogP contribution in [0.2, 0.25) is 0 Å². The number of carbonyl (C=O) groups excluding carboxylic acids is 1. The summed E-state index contributed by atoms with van der Waals surface area (Å²) in [6.45, 7) is 0.894. The van der Waals surface area contributed by atoms with Gasteiger partial charge in [-0.3, -0.25) is 4.79 Å². The summed E-state index contributed by atoms with van der Waals surface area (Å²) in [6.07, 6.45) is 1.37. The number of carbonyl (C=O) groups is 2. The number of aliphatic carboxylic acids is 1. The standard InChI is InChI=1S/C13H15IN2O3/c14-10-3-5-11(6-4-10)15-13(19)16-7-1-2-9(8-16)12(17)18/h3-6,9H,1-2,7-8H2,(H,15,19)(H,17,18). The maximum Gasteiger partial charge on any atom is 0.321 e. The van der Waals surface area contributed by atoms with Gasteiger partial charge in [-0.25, -0.2) is 4.79 Å². The Morgan fingerprint density at radius 1 is 1.32 bits per heavy atom. The molecule has 2 N–H and O–H groups in total. The third-order valence-electron chi connectivity index (χ3n) is 3.15. The maximum absolute atomic E-state index is 12.0. The van der Waals surface area contributed by atoms with Crippen molar-refractivity contribution in [1.82, 2.24) is 4.90 Å². The normalized spacial score (nSPS) is 19.0. The van der Waals surface area contributed by atoms with Crippen molar-refractivity contribution in [3.63, 3.8) is 0 Å². The van der Waals surface area contributed by atoms with Crippen molar-refractivity contribution in [2.24, 2.45) is 5.92 Å². The Kier molecular flexibility index (Phi) is 4.62. The predicted octanol–water partition coefficient (Wildman–Crippen LogP) is 2.62. The average Bonchev–Trinajstić information content (AvgIpc) is 2.41. The first-order valence-electron chi connectivity index (χ1n) is 6.10. The van der Waals surface area contributed by atoms with Crippen molar-refractivity contribution < 1.29 is 14.7 Å². The molecular formula is C13H15IN2O3. The van der Waals surface area contributed by atoms with Crippen molar-refractivity contribution >= 4 is 40.3 Å². The lowest BCUT2D eigenvalue weighted by atomic mass is 9.99. The van der Waals surface area contributed by atoms with Crippen LogP contribution in [0, 0.1) is 9.49 Å². The Balaban J connectivity index is 1.96. The maximum atomic E-state index is 12.0. The summed E-state index contributed by atoms with van der Waals surface area (Å²) in [6, 6.07) is 7.25. The number of likely N-dealkylation sites (tertiary alicyclic amines) is 1. The van der Waals surface area contributed by atoms with E-state index >= 15 is 0 Å². The number of carboxylic acids is 1. The molecule has 102 valence electrons. The van der Waals surface area contributed by atoms with Gasteiger partial charge in [0.25, 0.3) is 0 Å². The van der Waals surface area contributed by atoms with Crippen molar-refractivity contribution in [2.45, 2.75) is 12.8 Å². The van der Waals surface area contributed by atoms with Crippen LogP contribution in [0.15, 0.2) is 24.3 Å². The number of rotatable bonds is 2. The highest BCUT2D eigenvalue weighted by atomic mass is 127. The number of nitrogens with one attached hydrogen (secondary N) is 1. The second-order valence-corrected chi connectivity index (χ2v) is 5.81. The van der Waals surface area contributed by atoms with Gasteiger partial charge in [-0.05, 0) is 59.7 Å². The SMILES string of the molecule is O=C(O)C1CCCN(C(=O)Nc2ccc(I)cc2)C1. The van der Waals surface area contributed by atoms with Crippen molar-refractivity contribution in [2.75, 3.05) is 18.4 Å². The molecule has 1 unspecified atom stereocenters. The van der Waals surface area contributed by atoms with Crippen LogP contribution in [-0.2, 0) is 4.79 Å². The highest BCUT2D eigenvalue weighted by Gasteiger charge is 2.28. The lowest BCUT2D eigenvalue weighted by molar-refractivity contribution is -0.143. The van der Waals surface area contributed by atoms with Crippen LogP contribution in [0.3, 0.4) is 0 Å². The predicted molar refractivity (Wildman–Crippen MR) is 80.1 cm³/mol. The molecule has 1 saturated heterocycles. The van der Waals surface area contributed by atoms with Crippen molar-refractivity contribution in [3.05, 3.63) is 27.8 Å². The van der Waals surface area contributed by atoms with Crippen LogP contribution in [0.4, 0.5) is 10.5 Å². The van der Waals surface area contributed by atoms with Gasteiger partial charge in [-0.1, -0.05) is 0 Å². The second kappa shape index (κ2) is 6.23. The summed E-state index contributed by atoms with van der Waals surface area (Å²) in [5.41, 5.74) is 0.725. The summed E-state index contributed by atoms with van der Waals surface area (Å²) in [5, 5.41) is 11.8. The van der Waals surface area contributed by atoms with E-state index < -0.39 is 11.9 Å². The number of piperidine rings is 1. The molecule has 5 nitrogen and oxygen atoms in total. The van der Waals surface area contributed by atoms with Gasteiger partial charge >= 0.3 is 12.0 Å². The molecule has 0 radical (unpaired) electrons. The average molecular weight is 374 g/mol. The van der Waals surface area contributed by atoms with Gasteiger partial charge < -0.3 is 15.3 Å². The smallest absolute Gasteiger partial charge is 0.321 e. The zero-order chi connectivity index (χ0) is 13.8. The van der Waals surface area contributed by atoms with Gasteiger partial charge in [-0.15, -0.1) is 0 Å². The first-order chi connectivity index (χ1) is 9.06. The minimum absolute atomic E-state index is 0.229. The molecule has 19 heavy (non-hydrogen) atoms. The van der Waals surface area contributed by atoms with Gasteiger partial charge in [0.1, 0.15) is 0 Å². The molecule has 6 heteroatoms. The molecule has 1 fully saturated rings. The first-order valence-corrected chi connectivity index (χ1v) is 7.18. The number of hydrogen-bond donors (Lipinski definition) is 2. The van der Waals surface area contributed by atoms with Crippen LogP contribution >= 0.6 is 22.6 Å². The van der Waals surface area contributed by atoms with Crippen LogP contribution in [0.25, 0.3) is 0 Å². The number of benzene rings is 1. The van der Waals surface area contributed by atoms with Crippen LogP contribution in [-0.4, -0.2) is 35.1 Å². The van der Waals surface area contributed by atoms with Gasteiger partial charge in [0.05, 0.1) is 5.92 Å². The zero-order valence-corrected chi connectivity index (χ0v) is 12.5. The number of anilines is 1.